The zero-order chi connectivity index (χ0) is 12.7. The predicted octanol–water partition coefficient (Wildman–Crippen LogP) is 5.02. The van der Waals surface area contributed by atoms with Crippen molar-refractivity contribution in [1.82, 2.24) is 5.32 Å². The van der Waals surface area contributed by atoms with Crippen molar-refractivity contribution in [3.8, 4) is 0 Å². The molecule has 96 valence electrons. The lowest BCUT2D eigenvalue weighted by atomic mass is 10.1. The Morgan fingerprint density at radius 1 is 1.29 bits per heavy atom. The van der Waals surface area contributed by atoms with Gasteiger partial charge in [0, 0.05) is 16.0 Å². The minimum absolute atomic E-state index is 0.776. The summed E-state index contributed by atoms with van der Waals surface area (Å²) in [4.78, 5) is 0. The molecule has 0 unspecified atom stereocenters. The Hall–Kier alpha value is -0.0500. The molecule has 0 amide bonds. The maximum atomic E-state index is 5.90. The fourth-order valence-electron chi connectivity index (χ4n) is 1.69. The molecule has 1 rings (SSSR count). The van der Waals surface area contributed by atoms with Gasteiger partial charge in [0.1, 0.15) is 0 Å². The van der Waals surface area contributed by atoms with Crippen LogP contribution >= 0.6 is 27.5 Å². The number of halogens is 2. The third-order valence-electron chi connectivity index (χ3n) is 2.72. The zero-order valence-corrected chi connectivity index (χ0v) is 12.9. The minimum Gasteiger partial charge on any atom is -0.313 e. The van der Waals surface area contributed by atoms with Gasteiger partial charge in [-0.2, -0.15) is 0 Å². The van der Waals surface area contributed by atoms with Crippen LogP contribution in [-0.2, 0) is 6.54 Å². The van der Waals surface area contributed by atoms with Gasteiger partial charge >= 0.3 is 0 Å². The van der Waals surface area contributed by atoms with Gasteiger partial charge in [-0.25, -0.2) is 0 Å². The summed E-state index contributed by atoms with van der Waals surface area (Å²) in [6, 6.07) is 5.94. The van der Waals surface area contributed by atoms with Crippen LogP contribution in [0.25, 0.3) is 0 Å². The van der Waals surface area contributed by atoms with Crippen LogP contribution < -0.4 is 5.32 Å². The molecule has 0 radical (unpaired) electrons. The first-order valence-corrected chi connectivity index (χ1v) is 7.41. The highest BCUT2D eigenvalue weighted by molar-refractivity contribution is 9.10. The minimum atomic E-state index is 0.776. The Labute approximate surface area is 118 Å². The largest absolute Gasteiger partial charge is 0.313 e. The van der Waals surface area contributed by atoms with Crippen LogP contribution in [0, 0.1) is 5.92 Å². The topological polar surface area (TPSA) is 12.0 Å². The van der Waals surface area contributed by atoms with E-state index < -0.39 is 0 Å². The molecular weight excluding hydrogens is 298 g/mol. The zero-order valence-electron chi connectivity index (χ0n) is 10.6. The van der Waals surface area contributed by atoms with Crippen molar-refractivity contribution in [3.63, 3.8) is 0 Å². The summed E-state index contributed by atoms with van der Waals surface area (Å²) in [6.45, 7) is 6.54. The number of hydrogen-bond donors (Lipinski definition) is 1. The van der Waals surface area contributed by atoms with Gasteiger partial charge in [0.15, 0.2) is 0 Å². The molecule has 0 heterocycles. The monoisotopic (exact) mass is 317 g/mol. The predicted molar refractivity (Wildman–Crippen MR) is 79.5 cm³/mol. The molecular formula is C14H21BrClN. The van der Waals surface area contributed by atoms with Crippen molar-refractivity contribution in [2.75, 3.05) is 6.54 Å². The van der Waals surface area contributed by atoms with E-state index in [1.54, 1.807) is 0 Å². The maximum Gasteiger partial charge on any atom is 0.0417 e. The van der Waals surface area contributed by atoms with Crippen LogP contribution in [0.3, 0.4) is 0 Å². The molecule has 1 aromatic rings. The smallest absolute Gasteiger partial charge is 0.0417 e. The molecule has 3 heteroatoms. The van der Waals surface area contributed by atoms with Crippen LogP contribution in [0.5, 0.6) is 0 Å². The number of unbranched alkanes of at least 4 members (excludes halogenated alkanes) is 1. The summed E-state index contributed by atoms with van der Waals surface area (Å²) in [5.41, 5.74) is 1.26. The lowest BCUT2D eigenvalue weighted by Gasteiger charge is -2.08. The van der Waals surface area contributed by atoms with Gasteiger partial charge in [-0.3, -0.25) is 0 Å². The lowest BCUT2D eigenvalue weighted by Crippen LogP contribution is -2.15. The maximum absolute atomic E-state index is 5.90. The fraction of sp³-hybridized carbons (Fsp3) is 0.571. The van der Waals surface area contributed by atoms with E-state index in [9.17, 15) is 0 Å². The van der Waals surface area contributed by atoms with Crippen LogP contribution in [0.4, 0.5) is 0 Å². The van der Waals surface area contributed by atoms with Crippen molar-refractivity contribution in [2.24, 2.45) is 5.92 Å². The summed E-state index contributed by atoms with van der Waals surface area (Å²) in [5.74, 6) is 0.820. The Morgan fingerprint density at radius 2 is 2.06 bits per heavy atom. The normalized spacial score (nSPS) is 11.1. The van der Waals surface area contributed by atoms with Gasteiger partial charge in [0.2, 0.25) is 0 Å². The summed E-state index contributed by atoms with van der Waals surface area (Å²) in [5, 5.41) is 4.24. The molecule has 1 aromatic carbocycles. The van der Waals surface area contributed by atoms with E-state index in [1.807, 2.05) is 12.1 Å². The van der Waals surface area contributed by atoms with Gasteiger partial charge in [-0.15, -0.1) is 0 Å². The number of benzene rings is 1. The highest BCUT2D eigenvalue weighted by atomic mass is 79.9. The van der Waals surface area contributed by atoms with Crippen LogP contribution in [0.2, 0.25) is 5.02 Å². The molecule has 1 nitrogen and oxygen atoms in total. The van der Waals surface area contributed by atoms with Gasteiger partial charge in [0.05, 0.1) is 0 Å². The molecule has 0 aliphatic rings. The quantitative estimate of drug-likeness (QED) is 0.696. The molecule has 0 saturated carbocycles. The van der Waals surface area contributed by atoms with Gasteiger partial charge in [0.25, 0.3) is 0 Å². The van der Waals surface area contributed by atoms with E-state index in [2.05, 4.69) is 41.2 Å². The Bertz CT molecular complexity index is 339. The number of rotatable bonds is 7. The highest BCUT2D eigenvalue weighted by Crippen LogP contribution is 2.21. The Morgan fingerprint density at radius 3 is 2.71 bits per heavy atom. The summed E-state index contributed by atoms with van der Waals surface area (Å²) in [7, 11) is 0. The highest BCUT2D eigenvalue weighted by Gasteiger charge is 2.00. The summed E-state index contributed by atoms with van der Waals surface area (Å²) in [6.07, 6.45) is 3.89. The third-order valence-corrected chi connectivity index (χ3v) is 3.69. The van der Waals surface area contributed by atoms with Gasteiger partial charge in [-0.05, 0) is 36.6 Å². The standard InChI is InChI=1S/C14H21BrClN/c1-11(2)5-3-4-8-17-10-12-6-7-13(16)9-14(12)15/h6-7,9,11,17H,3-5,8,10H2,1-2H3. The van der Waals surface area contributed by atoms with E-state index in [0.717, 1.165) is 28.5 Å². The first-order chi connectivity index (χ1) is 8.09. The molecule has 1 N–H and O–H groups in total. The Kier molecular flexibility index (Phi) is 7.17. The Balaban J connectivity index is 2.18. The molecule has 0 bridgehead atoms. The van der Waals surface area contributed by atoms with E-state index in [-0.39, 0.29) is 0 Å². The van der Waals surface area contributed by atoms with Gasteiger partial charge < -0.3 is 5.32 Å². The van der Waals surface area contributed by atoms with Gasteiger partial charge in [-0.1, -0.05) is 60.3 Å². The lowest BCUT2D eigenvalue weighted by molar-refractivity contribution is 0.520. The fourth-order valence-corrected chi connectivity index (χ4v) is 2.51. The van der Waals surface area contributed by atoms with E-state index >= 15 is 0 Å². The summed E-state index contributed by atoms with van der Waals surface area (Å²) < 4.78 is 1.08. The first-order valence-electron chi connectivity index (χ1n) is 6.24. The third kappa shape index (κ3) is 6.44. The van der Waals surface area contributed by atoms with Crippen molar-refractivity contribution in [3.05, 3.63) is 33.3 Å². The SMILES string of the molecule is CC(C)CCCCNCc1ccc(Cl)cc1Br. The molecule has 0 aliphatic heterocycles. The van der Waals surface area contributed by atoms with E-state index in [4.69, 9.17) is 11.6 Å². The molecule has 0 saturated heterocycles. The second-order valence-corrected chi connectivity index (χ2v) is 6.09. The number of hydrogen-bond acceptors (Lipinski definition) is 1. The van der Waals surface area contributed by atoms with E-state index in [1.165, 1.54) is 24.8 Å². The number of nitrogens with one attached hydrogen (secondary N) is 1. The van der Waals surface area contributed by atoms with Crippen molar-refractivity contribution >= 4 is 27.5 Å². The first kappa shape index (κ1) is 15.0. The van der Waals surface area contributed by atoms with Crippen LogP contribution in [0.1, 0.15) is 38.7 Å². The summed E-state index contributed by atoms with van der Waals surface area (Å²) >= 11 is 9.42. The van der Waals surface area contributed by atoms with Crippen LogP contribution in [-0.4, -0.2) is 6.54 Å². The molecule has 0 aromatic heterocycles. The molecule has 0 aliphatic carbocycles. The van der Waals surface area contributed by atoms with Crippen LogP contribution in [0.15, 0.2) is 22.7 Å². The molecule has 0 atom stereocenters. The average Bonchev–Trinajstić information content (AvgIpc) is 2.25. The van der Waals surface area contributed by atoms with Crippen molar-refractivity contribution < 1.29 is 0 Å². The second kappa shape index (κ2) is 8.12. The second-order valence-electron chi connectivity index (χ2n) is 4.80. The molecule has 0 spiro atoms. The van der Waals surface area contributed by atoms with Crippen molar-refractivity contribution in [2.45, 2.75) is 39.7 Å². The molecule has 17 heavy (non-hydrogen) atoms. The van der Waals surface area contributed by atoms with E-state index in [0.29, 0.717) is 0 Å². The van der Waals surface area contributed by atoms with Crippen molar-refractivity contribution in [1.29, 1.82) is 0 Å². The molecule has 0 fully saturated rings. The average molecular weight is 319 g/mol.